The number of hydrogen-bond acceptors (Lipinski definition) is 5. The van der Waals surface area contributed by atoms with Crippen LogP contribution in [-0.2, 0) is 11.2 Å². The van der Waals surface area contributed by atoms with Gasteiger partial charge in [-0.1, -0.05) is 24.3 Å². The Labute approximate surface area is 177 Å². The second-order valence-electron chi connectivity index (χ2n) is 6.83. The summed E-state index contributed by atoms with van der Waals surface area (Å²) < 4.78 is 18.7. The molecular formula is C22H21FN2O2S2. The van der Waals surface area contributed by atoms with E-state index in [4.69, 9.17) is 4.74 Å². The standard InChI is InChI=1S/C22H21FN2O2S2/c23-16-9-7-15(8-10-16)12-18-13-24-22(29-18)25-21(26)19-5-1-2-6-20(19)28-14-17-4-3-11-27-17/h1-2,5-10,13,17H,3-4,11-12,14H2,(H,24,25,26). The van der Waals surface area contributed by atoms with E-state index in [2.05, 4.69) is 10.3 Å². The summed E-state index contributed by atoms with van der Waals surface area (Å²) in [6.07, 6.45) is 4.86. The number of amides is 1. The molecule has 4 nitrogen and oxygen atoms in total. The monoisotopic (exact) mass is 428 g/mol. The molecule has 0 radical (unpaired) electrons. The first-order valence-electron chi connectivity index (χ1n) is 9.51. The molecule has 1 aromatic heterocycles. The van der Waals surface area contributed by atoms with Crippen molar-refractivity contribution in [3.05, 3.63) is 76.5 Å². The minimum Gasteiger partial charge on any atom is -0.377 e. The molecule has 29 heavy (non-hydrogen) atoms. The van der Waals surface area contributed by atoms with Crippen molar-refractivity contribution in [1.29, 1.82) is 0 Å². The zero-order chi connectivity index (χ0) is 20.1. The quantitative estimate of drug-likeness (QED) is 0.512. The predicted molar refractivity (Wildman–Crippen MR) is 115 cm³/mol. The van der Waals surface area contributed by atoms with Crippen LogP contribution in [0.4, 0.5) is 9.52 Å². The van der Waals surface area contributed by atoms with Gasteiger partial charge in [0.05, 0.1) is 11.7 Å². The van der Waals surface area contributed by atoms with Crippen molar-refractivity contribution in [1.82, 2.24) is 4.98 Å². The zero-order valence-electron chi connectivity index (χ0n) is 15.8. The first-order chi connectivity index (χ1) is 14.2. The number of hydrogen-bond donors (Lipinski definition) is 1. The molecule has 0 bridgehead atoms. The second kappa shape index (κ2) is 9.52. The molecule has 2 aromatic carbocycles. The van der Waals surface area contributed by atoms with Gasteiger partial charge in [-0.3, -0.25) is 10.1 Å². The third-order valence-corrected chi connectivity index (χ3v) is 6.76. The molecule has 0 saturated carbocycles. The Bertz CT molecular complexity index is 969. The van der Waals surface area contributed by atoms with Crippen molar-refractivity contribution in [2.45, 2.75) is 30.3 Å². The average Bonchev–Trinajstić information content (AvgIpc) is 3.40. The Morgan fingerprint density at radius 2 is 2.07 bits per heavy atom. The van der Waals surface area contributed by atoms with E-state index < -0.39 is 0 Å². The lowest BCUT2D eigenvalue weighted by molar-refractivity contribution is 0.102. The van der Waals surface area contributed by atoms with E-state index in [1.54, 1.807) is 30.1 Å². The SMILES string of the molecule is O=C(Nc1ncc(Cc2ccc(F)cc2)s1)c1ccccc1SCC1CCCO1. The van der Waals surface area contributed by atoms with Crippen LogP contribution in [0.3, 0.4) is 0 Å². The molecule has 1 unspecified atom stereocenters. The third-order valence-electron chi connectivity index (χ3n) is 4.65. The molecule has 1 fully saturated rings. The van der Waals surface area contributed by atoms with E-state index in [1.807, 2.05) is 24.3 Å². The fourth-order valence-electron chi connectivity index (χ4n) is 3.15. The summed E-state index contributed by atoms with van der Waals surface area (Å²) in [5.74, 6) is 0.439. The number of thiazole rings is 1. The van der Waals surface area contributed by atoms with Crippen LogP contribution >= 0.6 is 23.1 Å². The van der Waals surface area contributed by atoms with Crippen LogP contribution in [-0.4, -0.2) is 29.4 Å². The minimum absolute atomic E-state index is 0.164. The summed E-state index contributed by atoms with van der Waals surface area (Å²) in [5, 5.41) is 3.47. The van der Waals surface area contributed by atoms with Gasteiger partial charge in [0, 0.05) is 34.8 Å². The first kappa shape index (κ1) is 20.1. The highest BCUT2D eigenvalue weighted by Crippen LogP contribution is 2.28. The predicted octanol–water partition coefficient (Wildman–Crippen LogP) is 5.40. The number of benzene rings is 2. The summed E-state index contributed by atoms with van der Waals surface area (Å²) >= 11 is 3.09. The number of anilines is 1. The Balaban J connectivity index is 1.39. The minimum atomic E-state index is -0.248. The molecule has 1 aliphatic heterocycles. The third kappa shape index (κ3) is 5.44. The van der Waals surface area contributed by atoms with Gasteiger partial charge in [0.1, 0.15) is 5.82 Å². The summed E-state index contributed by atoms with van der Waals surface area (Å²) in [5.41, 5.74) is 1.65. The molecule has 2 heterocycles. The van der Waals surface area contributed by atoms with Crippen LogP contribution < -0.4 is 5.32 Å². The largest absolute Gasteiger partial charge is 0.377 e. The van der Waals surface area contributed by atoms with Crippen molar-refractivity contribution in [3.8, 4) is 0 Å². The van der Waals surface area contributed by atoms with Crippen LogP contribution in [0.2, 0.25) is 0 Å². The van der Waals surface area contributed by atoms with Gasteiger partial charge < -0.3 is 4.74 Å². The van der Waals surface area contributed by atoms with Gasteiger partial charge in [0.25, 0.3) is 5.91 Å². The summed E-state index contributed by atoms with van der Waals surface area (Å²) in [6, 6.07) is 14.0. The smallest absolute Gasteiger partial charge is 0.258 e. The topological polar surface area (TPSA) is 51.2 Å². The molecule has 0 spiro atoms. The number of carbonyl (C=O) groups excluding carboxylic acids is 1. The van der Waals surface area contributed by atoms with Crippen molar-refractivity contribution in [2.24, 2.45) is 0 Å². The van der Waals surface area contributed by atoms with E-state index in [-0.39, 0.29) is 17.8 Å². The van der Waals surface area contributed by atoms with Gasteiger partial charge in [-0.05, 0) is 42.7 Å². The fraction of sp³-hybridized carbons (Fsp3) is 0.273. The van der Waals surface area contributed by atoms with Gasteiger partial charge in [0.2, 0.25) is 0 Å². The van der Waals surface area contributed by atoms with Gasteiger partial charge in [-0.25, -0.2) is 9.37 Å². The van der Waals surface area contributed by atoms with Crippen LogP contribution in [0.15, 0.2) is 59.6 Å². The normalized spacial score (nSPS) is 16.1. The fourth-order valence-corrected chi connectivity index (χ4v) is 5.11. The lowest BCUT2D eigenvalue weighted by Gasteiger charge is -2.11. The molecule has 7 heteroatoms. The summed E-state index contributed by atoms with van der Waals surface area (Å²) in [7, 11) is 0. The summed E-state index contributed by atoms with van der Waals surface area (Å²) in [4.78, 5) is 19.1. The van der Waals surface area contributed by atoms with Crippen molar-refractivity contribution >= 4 is 34.1 Å². The molecule has 1 saturated heterocycles. The van der Waals surface area contributed by atoms with Crippen molar-refractivity contribution in [2.75, 3.05) is 17.7 Å². The van der Waals surface area contributed by atoms with E-state index in [9.17, 15) is 9.18 Å². The molecule has 4 rings (SSSR count). The van der Waals surface area contributed by atoms with Gasteiger partial charge in [-0.2, -0.15) is 0 Å². The maximum absolute atomic E-state index is 13.0. The van der Waals surface area contributed by atoms with Gasteiger partial charge in [-0.15, -0.1) is 23.1 Å². The molecule has 1 amide bonds. The van der Waals surface area contributed by atoms with E-state index in [1.165, 1.54) is 23.5 Å². The second-order valence-corrected chi connectivity index (χ2v) is 9.01. The van der Waals surface area contributed by atoms with Crippen molar-refractivity contribution in [3.63, 3.8) is 0 Å². The Kier molecular flexibility index (Phi) is 6.59. The number of ether oxygens (including phenoxy) is 1. The number of nitrogens with zero attached hydrogens (tertiary/aromatic N) is 1. The Hall–Kier alpha value is -2.22. The molecule has 1 aliphatic rings. The van der Waals surface area contributed by atoms with E-state index in [0.29, 0.717) is 17.1 Å². The number of halogens is 1. The van der Waals surface area contributed by atoms with Crippen LogP contribution in [0.25, 0.3) is 0 Å². The maximum atomic E-state index is 13.0. The highest BCUT2D eigenvalue weighted by Gasteiger charge is 2.18. The number of thioether (sulfide) groups is 1. The van der Waals surface area contributed by atoms with Gasteiger partial charge >= 0.3 is 0 Å². The number of nitrogens with one attached hydrogen (secondary N) is 1. The van der Waals surface area contributed by atoms with Crippen molar-refractivity contribution < 1.29 is 13.9 Å². The zero-order valence-corrected chi connectivity index (χ0v) is 17.4. The van der Waals surface area contributed by atoms with E-state index >= 15 is 0 Å². The van der Waals surface area contributed by atoms with Crippen LogP contribution in [0.5, 0.6) is 0 Å². The maximum Gasteiger partial charge on any atom is 0.258 e. The number of rotatable bonds is 7. The molecule has 1 atom stereocenters. The summed E-state index contributed by atoms with van der Waals surface area (Å²) in [6.45, 7) is 0.831. The first-order valence-corrected chi connectivity index (χ1v) is 11.3. The number of aromatic nitrogens is 1. The highest BCUT2D eigenvalue weighted by atomic mass is 32.2. The molecule has 150 valence electrons. The van der Waals surface area contributed by atoms with Gasteiger partial charge in [0.15, 0.2) is 5.13 Å². The Morgan fingerprint density at radius 3 is 2.86 bits per heavy atom. The Morgan fingerprint density at radius 1 is 1.24 bits per heavy atom. The molecular weight excluding hydrogens is 407 g/mol. The number of carbonyl (C=O) groups is 1. The molecule has 3 aromatic rings. The lowest BCUT2D eigenvalue weighted by atomic mass is 10.1. The molecule has 1 N–H and O–H groups in total. The van der Waals surface area contributed by atoms with E-state index in [0.717, 1.165) is 40.5 Å². The highest BCUT2D eigenvalue weighted by molar-refractivity contribution is 7.99. The van der Waals surface area contributed by atoms with Crippen LogP contribution in [0, 0.1) is 5.82 Å². The van der Waals surface area contributed by atoms with Crippen LogP contribution in [0.1, 0.15) is 33.6 Å². The lowest BCUT2D eigenvalue weighted by Crippen LogP contribution is -2.13. The average molecular weight is 429 g/mol. The molecule has 0 aliphatic carbocycles.